The summed E-state index contributed by atoms with van der Waals surface area (Å²) in [4.78, 5) is 0. The molecule has 96 valence electrons. The van der Waals surface area contributed by atoms with Gasteiger partial charge in [0.1, 0.15) is 0 Å². The van der Waals surface area contributed by atoms with E-state index in [4.69, 9.17) is 15.2 Å². The smallest absolute Gasteiger partial charge is 0.0855 e. The lowest BCUT2D eigenvalue weighted by molar-refractivity contribution is -0.0965. The number of hydrogen-bond donors (Lipinski definition) is 1. The highest BCUT2D eigenvalue weighted by atomic mass is 16.5. The molecule has 3 heteroatoms. The van der Waals surface area contributed by atoms with Gasteiger partial charge in [-0.3, -0.25) is 0 Å². The van der Waals surface area contributed by atoms with Crippen LogP contribution in [0.1, 0.15) is 52.4 Å². The molecule has 0 bridgehead atoms. The van der Waals surface area contributed by atoms with Gasteiger partial charge in [0, 0.05) is 13.2 Å². The normalized spacial score (nSPS) is 21.9. The summed E-state index contributed by atoms with van der Waals surface area (Å²) in [6.07, 6.45) is 7.03. The highest BCUT2D eigenvalue weighted by Gasteiger charge is 2.38. The van der Waals surface area contributed by atoms with Gasteiger partial charge in [-0.05, 0) is 26.2 Å². The van der Waals surface area contributed by atoms with E-state index in [1.807, 2.05) is 0 Å². The van der Waals surface area contributed by atoms with Crippen molar-refractivity contribution in [3.63, 3.8) is 0 Å². The number of hydrogen-bond acceptors (Lipinski definition) is 3. The summed E-state index contributed by atoms with van der Waals surface area (Å²) < 4.78 is 11.5. The van der Waals surface area contributed by atoms with Crippen LogP contribution in [0.5, 0.6) is 0 Å². The summed E-state index contributed by atoms with van der Waals surface area (Å²) in [5.74, 6) is 0. The van der Waals surface area contributed by atoms with Crippen LogP contribution in [0.25, 0.3) is 0 Å². The molecule has 0 aromatic carbocycles. The predicted molar refractivity (Wildman–Crippen MR) is 66.5 cm³/mol. The third kappa shape index (κ3) is 3.72. The van der Waals surface area contributed by atoms with E-state index >= 15 is 0 Å². The average molecular weight is 229 g/mol. The maximum Gasteiger partial charge on any atom is 0.0855 e. The Kier molecular flexibility index (Phi) is 6.32. The Morgan fingerprint density at radius 2 is 1.88 bits per heavy atom. The van der Waals surface area contributed by atoms with Crippen molar-refractivity contribution in [2.75, 3.05) is 19.8 Å². The molecule has 1 saturated carbocycles. The maximum atomic E-state index is 6.26. The van der Waals surface area contributed by atoms with Crippen LogP contribution < -0.4 is 5.73 Å². The van der Waals surface area contributed by atoms with Gasteiger partial charge >= 0.3 is 0 Å². The van der Waals surface area contributed by atoms with Gasteiger partial charge in [-0.2, -0.15) is 0 Å². The van der Waals surface area contributed by atoms with Crippen molar-refractivity contribution >= 4 is 0 Å². The Labute approximate surface area is 99.7 Å². The Hall–Kier alpha value is -0.120. The van der Waals surface area contributed by atoms with Crippen molar-refractivity contribution in [1.29, 1.82) is 0 Å². The number of ether oxygens (including phenoxy) is 2. The number of nitrogens with two attached hydrogens (primary N) is 1. The van der Waals surface area contributed by atoms with Crippen LogP contribution in [0.4, 0.5) is 0 Å². The molecular weight excluding hydrogens is 202 g/mol. The first kappa shape index (κ1) is 13.9. The minimum atomic E-state index is -0.110. The molecule has 0 saturated heterocycles. The van der Waals surface area contributed by atoms with Gasteiger partial charge in [0.25, 0.3) is 0 Å². The Morgan fingerprint density at radius 1 is 1.19 bits per heavy atom. The molecule has 0 spiro atoms. The molecule has 0 aliphatic heterocycles. The van der Waals surface area contributed by atoms with Crippen LogP contribution in [-0.2, 0) is 9.47 Å². The molecule has 2 N–H and O–H groups in total. The lowest BCUT2D eigenvalue weighted by Crippen LogP contribution is -2.53. The van der Waals surface area contributed by atoms with E-state index in [-0.39, 0.29) is 11.6 Å². The zero-order valence-corrected chi connectivity index (χ0v) is 10.8. The van der Waals surface area contributed by atoms with Gasteiger partial charge in [-0.15, -0.1) is 0 Å². The van der Waals surface area contributed by atoms with E-state index in [0.29, 0.717) is 6.61 Å². The van der Waals surface area contributed by atoms with E-state index in [1.54, 1.807) is 0 Å². The van der Waals surface area contributed by atoms with Crippen LogP contribution in [-0.4, -0.2) is 31.5 Å². The minimum absolute atomic E-state index is 0.0271. The largest absolute Gasteiger partial charge is 0.380 e. The second-order valence-corrected chi connectivity index (χ2v) is 4.74. The fourth-order valence-corrected chi connectivity index (χ4v) is 2.57. The van der Waals surface area contributed by atoms with Crippen molar-refractivity contribution in [3.05, 3.63) is 0 Å². The second-order valence-electron chi connectivity index (χ2n) is 4.74. The lowest BCUT2D eigenvalue weighted by Gasteiger charge is -2.41. The molecule has 1 rings (SSSR count). The molecular formula is C13H27NO2. The highest BCUT2D eigenvalue weighted by Crippen LogP contribution is 2.34. The van der Waals surface area contributed by atoms with Crippen LogP contribution >= 0.6 is 0 Å². The van der Waals surface area contributed by atoms with Gasteiger partial charge in [-0.1, -0.05) is 26.2 Å². The van der Waals surface area contributed by atoms with Crippen molar-refractivity contribution in [1.82, 2.24) is 0 Å². The summed E-state index contributed by atoms with van der Waals surface area (Å²) in [5.41, 5.74) is 6.15. The maximum absolute atomic E-state index is 6.26. The van der Waals surface area contributed by atoms with E-state index in [9.17, 15) is 0 Å². The highest BCUT2D eigenvalue weighted by molar-refractivity contribution is 4.93. The third-order valence-corrected chi connectivity index (χ3v) is 3.45. The summed E-state index contributed by atoms with van der Waals surface area (Å²) >= 11 is 0. The molecule has 0 heterocycles. The molecule has 1 fully saturated rings. The fraction of sp³-hybridized carbons (Fsp3) is 1.00. The summed E-state index contributed by atoms with van der Waals surface area (Å²) in [6.45, 7) is 6.35. The SMILES string of the molecule is CCCOCC(N)C1(OCC)CCCCC1. The van der Waals surface area contributed by atoms with E-state index < -0.39 is 0 Å². The number of rotatable bonds is 7. The molecule has 1 aliphatic carbocycles. The lowest BCUT2D eigenvalue weighted by atomic mass is 9.79. The standard InChI is InChI=1S/C13H27NO2/c1-3-10-15-11-12(14)13(16-4-2)8-6-5-7-9-13/h12H,3-11,14H2,1-2H3. The van der Waals surface area contributed by atoms with E-state index in [1.165, 1.54) is 19.3 Å². The van der Waals surface area contributed by atoms with Crippen molar-refractivity contribution in [2.45, 2.75) is 64.0 Å². The first-order chi connectivity index (χ1) is 7.75. The Balaban J connectivity index is 2.46. The first-order valence-electron chi connectivity index (χ1n) is 6.72. The van der Waals surface area contributed by atoms with Crippen molar-refractivity contribution in [3.8, 4) is 0 Å². The molecule has 16 heavy (non-hydrogen) atoms. The Bertz CT molecular complexity index is 173. The van der Waals surface area contributed by atoms with Gasteiger partial charge in [0.05, 0.1) is 18.2 Å². The zero-order chi connectivity index (χ0) is 11.9. The second kappa shape index (κ2) is 7.25. The first-order valence-corrected chi connectivity index (χ1v) is 6.72. The summed E-state index contributed by atoms with van der Waals surface area (Å²) in [7, 11) is 0. The monoisotopic (exact) mass is 229 g/mol. The van der Waals surface area contributed by atoms with Crippen LogP contribution in [0.15, 0.2) is 0 Å². The quantitative estimate of drug-likeness (QED) is 0.682. The zero-order valence-electron chi connectivity index (χ0n) is 10.8. The van der Waals surface area contributed by atoms with Crippen molar-refractivity contribution in [2.24, 2.45) is 5.73 Å². The minimum Gasteiger partial charge on any atom is -0.380 e. The van der Waals surface area contributed by atoms with Crippen LogP contribution in [0.3, 0.4) is 0 Å². The molecule has 1 unspecified atom stereocenters. The summed E-state index contributed by atoms with van der Waals surface area (Å²) in [5, 5.41) is 0. The van der Waals surface area contributed by atoms with Gasteiger partial charge in [0.2, 0.25) is 0 Å². The molecule has 0 aromatic rings. The topological polar surface area (TPSA) is 44.5 Å². The van der Waals surface area contributed by atoms with Crippen LogP contribution in [0, 0.1) is 0 Å². The Morgan fingerprint density at radius 3 is 2.44 bits per heavy atom. The predicted octanol–water partition coefficient (Wildman–Crippen LogP) is 2.48. The van der Waals surface area contributed by atoms with Crippen LogP contribution in [0.2, 0.25) is 0 Å². The van der Waals surface area contributed by atoms with Crippen molar-refractivity contribution < 1.29 is 9.47 Å². The molecule has 0 amide bonds. The molecule has 0 aromatic heterocycles. The van der Waals surface area contributed by atoms with E-state index in [2.05, 4.69) is 13.8 Å². The molecule has 1 atom stereocenters. The van der Waals surface area contributed by atoms with Gasteiger partial charge in [-0.25, -0.2) is 0 Å². The molecule has 1 aliphatic rings. The van der Waals surface area contributed by atoms with E-state index in [0.717, 1.165) is 32.5 Å². The van der Waals surface area contributed by atoms with Gasteiger partial charge in [0.15, 0.2) is 0 Å². The molecule has 0 radical (unpaired) electrons. The van der Waals surface area contributed by atoms with Gasteiger partial charge < -0.3 is 15.2 Å². The average Bonchev–Trinajstić information content (AvgIpc) is 2.31. The summed E-state index contributed by atoms with van der Waals surface area (Å²) in [6, 6.07) is 0.0271. The molecule has 3 nitrogen and oxygen atoms in total. The third-order valence-electron chi connectivity index (χ3n) is 3.45. The fourth-order valence-electron chi connectivity index (χ4n) is 2.57.